The van der Waals surface area contributed by atoms with E-state index in [1.165, 1.54) is 12.8 Å². The summed E-state index contributed by atoms with van der Waals surface area (Å²) >= 11 is 0. The van der Waals surface area contributed by atoms with Crippen LogP contribution in [0.25, 0.3) is 0 Å². The highest BCUT2D eigenvalue weighted by atomic mass is 16.6. The molecule has 1 saturated carbocycles. The van der Waals surface area contributed by atoms with Gasteiger partial charge in [0.2, 0.25) is 0 Å². The molecule has 2 fully saturated rings. The molecule has 2 aliphatic rings. The van der Waals surface area contributed by atoms with E-state index in [0.717, 1.165) is 6.61 Å². The Morgan fingerprint density at radius 1 is 1.57 bits per heavy atom. The Morgan fingerprint density at radius 2 is 2.14 bits per heavy atom. The molecule has 7 heavy (non-hydrogen) atoms. The number of ether oxygens (including phenoxy) is 1. The average molecular weight is 98.1 g/mol. The first-order valence-electron chi connectivity index (χ1n) is 2.93. The van der Waals surface area contributed by atoms with E-state index in [-0.39, 0.29) is 0 Å². The van der Waals surface area contributed by atoms with Crippen LogP contribution in [0.4, 0.5) is 0 Å². The van der Waals surface area contributed by atoms with Gasteiger partial charge in [-0.1, -0.05) is 6.92 Å². The van der Waals surface area contributed by atoms with Gasteiger partial charge in [-0.2, -0.15) is 0 Å². The molecular weight excluding hydrogens is 88.1 g/mol. The molecule has 1 nitrogen and oxygen atoms in total. The molecule has 0 aromatic rings. The highest BCUT2D eigenvalue weighted by molar-refractivity contribution is 5.00. The van der Waals surface area contributed by atoms with Crippen LogP contribution >= 0.6 is 0 Å². The summed E-state index contributed by atoms with van der Waals surface area (Å²) in [5, 5.41) is 0. The van der Waals surface area contributed by atoms with E-state index in [1.54, 1.807) is 0 Å². The Balaban J connectivity index is 2.04. The third-order valence-electron chi connectivity index (χ3n) is 2.15. The number of hydrogen-bond donors (Lipinski definition) is 0. The van der Waals surface area contributed by atoms with Crippen molar-refractivity contribution in [1.29, 1.82) is 0 Å². The van der Waals surface area contributed by atoms with Crippen LogP contribution in [0.5, 0.6) is 0 Å². The summed E-state index contributed by atoms with van der Waals surface area (Å²) in [4.78, 5) is 0. The summed E-state index contributed by atoms with van der Waals surface area (Å²) in [7, 11) is 0. The minimum atomic E-state index is 0.639. The van der Waals surface area contributed by atoms with Crippen LogP contribution in [0.2, 0.25) is 0 Å². The first-order chi connectivity index (χ1) is 3.31. The molecule has 1 saturated heterocycles. The lowest BCUT2D eigenvalue weighted by molar-refractivity contribution is 0.329. The molecule has 1 aliphatic heterocycles. The first-order valence-corrected chi connectivity index (χ1v) is 2.93. The summed E-state index contributed by atoms with van der Waals surface area (Å²) in [5.41, 5.74) is 0.639. The first kappa shape index (κ1) is 3.90. The normalized spacial score (nSPS) is 43.3. The Kier molecular flexibility index (Phi) is 0.487. The van der Waals surface area contributed by atoms with Crippen molar-refractivity contribution < 1.29 is 4.74 Å². The summed E-state index contributed by atoms with van der Waals surface area (Å²) in [6.07, 6.45) is 3.46. The molecule has 0 radical (unpaired) electrons. The lowest BCUT2D eigenvalue weighted by Gasteiger charge is -1.97. The van der Waals surface area contributed by atoms with Crippen molar-refractivity contribution in [1.82, 2.24) is 0 Å². The van der Waals surface area contributed by atoms with E-state index >= 15 is 0 Å². The van der Waals surface area contributed by atoms with Crippen molar-refractivity contribution in [3.63, 3.8) is 0 Å². The standard InChI is InChI=1S/C6H10O/c1-6(2-3-6)5-4-7-5/h5H,2-4H2,1H3/t5-/m1/s1. The minimum Gasteiger partial charge on any atom is -0.373 e. The minimum absolute atomic E-state index is 0.639. The largest absolute Gasteiger partial charge is 0.373 e. The molecule has 1 heterocycles. The fraction of sp³-hybridized carbons (Fsp3) is 1.00. The fourth-order valence-electron chi connectivity index (χ4n) is 0.970. The van der Waals surface area contributed by atoms with Crippen LogP contribution in [-0.2, 0) is 4.74 Å². The van der Waals surface area contributed by atoms with Gasteiger partial charge in [0.1, 0.15) is 0 Å². The number of hydrogen-bond acceptors (Lipinski definition) is 1. The number of epoxide rings is 1. The van der Waals surface area contributed by atoms with E-state index in [9.17, 15) is 0 Å². The van der Waals surface area contributed by atoms with E-state index in [1.807, 2.05) is 0 Å². The van der Waals surface area contributed by atoms with Crippen molar-refractivity contribution in [2.45, 2.75) is 25.9 Å². The second-order valence-corrected chi connectivity index (χ2v) is 2.98. The van der Waals surface area contributed by atoms with Crippen molar-refractivity contribution in [2.75, 3.05) is 6.61 Å². The maximum Gasteiger partial charge on any atom is 0.0863 e. The number of rotatable bonds is 1. The highest BCUT2D eigenvalue weighted by Crippen LogP contribution is 2.53. The zero-order chi connectivity index (χ0) is 4.91. The Hall–Kier alpha value is -0.0400. The van der Waals surface area contributed by atoms with Gasteiger partial charge in [0.25, 0.3) is 0 Å². The molecule has 0 spiro atoms. The van der Waals surface area contributed by atoms with E-state index in [2.05, 4.69) is 6.92 Å². The molecule has 2 rings (SSSR count). The van der Waals surface area contributed by atoms with Gasteiger partial charge in [0.15, 0.2) is 0 Å². The van der Waals surface area contributed by atoms with Gasteiger partial charge in [-0.05, 0) is 18.3 Å². The molecular formula is C6H10O. The lowest BCUT2D eigenvalue weighted by Crippen LogP contribution is -2.01. The molecule has 1 atom stereocenters. The Morgan fingerprint density at radius 3 is 2.29 bits per heavy atom. The van der Waals surface area contributed by atoms with Crippen molar-refractivity contribution in [2.24, 2.45) is 5.41 Å². The third kappa shape index (κ3) is 0.480. The van der Waals surface area contributed by atoms with Crippen LogP contribution in [0.1, 0.15) is 19.8 Å². The Labute approximate surface area is 43.7 Å². The van der Waals surface area contributed by atoms with Crippen LogP contribution in [0.3, 0.4) is 0 Å². The lowest BCUT2D eigenvalue weighted by atomic mass is 10.1. The molecule has 0 N–H and O–H groups in total. The summed E-state index contributed by atoms with van der Waals surface area (Å²) in [5.74, 6) is 0. The molecule has 0 aromatic heterocycles. The maximum absolute atomic E-state index is 5.14. The third-order valence-corrected chi connectivity index (χ3v) is 2.15. The summed E-state index contributed by atoms with van der Waals surface area (Å²) < 4.78 is 5.14. The molecule has 0 bridgehead atoms. The second kappa shape index (κ2) is 0.873. The van der Waals surface area contributed by atoms with Gasteiger partial charge in [-0.3, -0.25) is 0 Å². The van der Waals surface area contributed by atoms with Crippen molar-refractivity contribution >= 4 is 0 Å². The zero-order valence-electron chi connectivity index (χ0n) is 4.61. The van der Waals surface area contributed by atoms with E-state index in [0.29, 0.717) is 11.5 Å². The topological polar surface area (TPSA) is 12.5 Å². The highest BCUT2D eigenvalue weighted by Gasteiger charge is 2.51. The second-order valence-electron chi connectivity index (χ2n) is 2.98. The van der Waals surface area contributed by atoms with Crippen LogP contribution in [0, 0.1) is 5.41 Å². The van der Waals surface area contributed by atoms with E-state index < -0.39 is 0 Å². The van der Waals surface area contributed by atoms with Crippen LogP contribution < -0.4 is 0 Å². The molecule has 0 aromatic carbocycles. The predicted octanol–water partition coefficient (Wildman–Crippen LogP) is 1.19. The van der Waals surface area contributed by atoms with Gasteiger partial charge < -0.3 is 4.74 Å². The molecule has 0 unspecified atom stereocenters. The molecule has 0 amide bonds. The van der Waals surface area contributed by atoms with E-state index in [4.69, 9.17) is 4.74 Å². The molecule has 1 aliphatic carbocycles. The summed E-state index contributed by atoms with van der Waals surface area (Å²) in [6.45, 7) is 3.35. The Bertz CT molecular complexity index is 90.4. The monoisotopic (exact) mass is 98.1 g/mol. The van der Waals surface area contributed by atoms with Crippen molar-refractivity contribution in [3.05, 3.63) is 0 Å². The smallest absolute Gasteiger partial charge is 0.0863 e. The summed E-state index contributed by atoms with van der Waals surface area (Å²) in [6, 6.07) is 0. The van der Waals surface area contributed by atoms with Crippen LogP contribution in [0.15, 0.2) is 0 Å². The van der Waals surface area contributed by atoms with Gasteiger partial charge in [0.05, 0.1) is 12.7 Å². The fourth-order valence-corrected chi connectivity index (χ4v) is 0.970. The quantitative estimate of drug-likeness (QED) is 0.449. The maximum atomic E-state index is 5.14. The van der Waals surface area contributed by atoms with Crippen molar-refractivity contribution in [3.8, 4) is 0 Å². The van der Waals surface area contributed by atoms with Gasteiger partial charge in [-0.25, -0.2) is 0 Å². The van der Waals surface area contributed by atoms with Gasteiger partial charge >= 0.3 is 0 Å². The predicted molar refractivity (Wildman–Crippen MR) is 27.1 cm³/mol. The molecule has 40 valence electrons. The SMILES string of the molecule is CC1([C@H]2CO2)CC1. The van der Waals surface area contributed by atoms with Gasteiger partial charge in [0, 0.05) is 0 Å². The van der Waals surface area contributed by atoms with Gasteiger partial charge in [-0.15, -0.1) is 0 Å². The average Bonchev–Trinajstić information content (AvgIpc) is 2.14. The zero-order valence-corrected chi connectivity index (χ0v) is 4.61. The van der Waals surface area contributed by atoms with Crippen LogP contribution in [-0.4, -0.2) is 12.7 Å². The molecule has 1 heteroatoms.